The summed E-state index contributed by atoms with van der Waals surface area (Å²) in [5.74, 6) is 1.68. The van der Waals surface area contributed by atoms with Crippen molar-refractivity contribution < 1.29 is 4.74 Å². The summed E-state index contributed by atoms with van der Waals surface area (Å²) in [6, 6.07) is 10.6. The van der Waals surface area contributed by atoms with E-state index in [0.29, 0.717) is 12.5 Å². The van der Waals surface area contributed by atoms with E-state index in [1.165, 1.54) is 19.4 Å². The van der Waals surface area contributed by atoms with Crippen LogP contribution in [-0.4, -0.2) is 30.6 Å². The number of likely N-dealkylation sites (tertiary alicyclic amines) is 1. The van der Waals surface area contributed by atoms with Crippen molar-refractivity contribution in [2.45, 2.75) is 39.2 Å². The molecular weight excluding hydrogens is 248 g/mol. The minimum absolute atomic E-state index is 0.462. The van der Waals surface area contributed by atoms with E-state index in [2.05, 4.69) is 24.8 Å². The lowest BCUT2D eigenvalue weighted by Crippen LogP contribution is -2.44. The maximum absolute atomic E-state index is 8.63. The van der Waals surface area contributed by atoms with Gasteiger partial charge in [-0.05, 0) is 49.9 Å². The van der Waals surface area contributed by atoms with Crippen molar-refractivity contribution in [3.8, 4) is 11.8 Å². The normalized spacial score (nSPS) is 23.2. The van der Waals surface area contributed by atoms with Crippen LogP contribution in [0.3, 0.4) is 0 Å². The topological polar surface area (TPSA) is 36.3 Å². The van der Waals surface area contributed by atoms with Crippen molar-refractivity contribution in [3.63, 3.8) is 0 Å². The highest BCUT2D eigenvalue weighted by Crippen LogP contribution is 2.22. The van der Waals surface area contributed by atoms with Crippen molar-refractivity contribution in [1.82, 2.24) is 4.90 Å². The van der Waals surface area contributed by atoms with E-state index in [1.807, 2.05) is 24.3 Å². The van der Waals surface area contributed by atoms with E-state index in [1.54, 1.807) is 0 Å². The van der Waals surface area contributed by atoms with Crippen molar-refractivity contribution in [2.24, 2.45) is 5.92 Å². The first-order valence-electron chi connectivity index (χ1n) is 7.53. The third-order valence-electron chi connectivity index (χ3n) is 4.36. The van der Waals surface area contributed by atoms with Gasteiger partial charge in [0.15, 0.2) is 0 Å². The van der Waals surface area contributed by atoms with Crippen LogP contribution in [0, 0.1) is 17.2 Å². The van der Waals surface area contributed by atoms with Crippen LogP contribution in [0.4, 0.5) is 0 Å². The van der Waals surface area contributed by atoms with Crippen LogP contribution in [0.25, 0.3) is 0 Å². The first-order chi connectivity index (χ1) is 9.70. The predicted molar refractivity (Wildman–Crippen MR) is 80.7 cm³/mol. The van der Waals surface area contributed by atoms with E-state index >= 15 is 0 Å². The standard InChI is InChI=1S/C17H24N2O/c1-14-4-3-11-19(15(14)2)12-13-20-17-7-5-16(6-8-17)9-10-18/h5-8,14-15H,3-4,9,11-13H2,1-2H3. The fraction of sp³-hybridized carbons (Fsp3) is 0.588. The molecule has 1 aliphatic heterocycles. The number of ether oxygens (including phenoxy) is 1. The van der Waals surface area contributed by atoms with Crippen molar-refractivity contribution in [1.29, 1.82) is 5.26 Å². The van der Waals surface area contributed by atoms with Crippen molar-refractivity contribution in [3.05, 3.63) is 29.8 Å². The highest BCUT2D eigenvalue weighted by atomic mass is 16.5. The molecule has 0 saturated carbocycles. The number of benzene rings is 1. The molecule has 108 valence electrons. The Kier molecular flexibility index (Phi) is 5.43. The second-order valence-electron chi connectivity index (χ2n) is 5.72. The molecule has 2 atom stereocenters. The van der Waals surface area contributed by atoms with Crippen LogP contribution in [0.15, 0.2) is 24.3 Å². The van der Waals surface area contributed by atoms with Gasteiger partial charge in [0.05, 0.1) is 12.5 Å². The highest BCUT2D eigenvalue weighted by Gasteiger charge is 2.23. The molecule has 1 saturated heterocycles. The van der Waals surface area contributed by atoms with Crippen LogP contribution >= 0.6 is 0 Å². The summed E-state index contributed by atoms with van der Waals surface area (Å²) in [5.41, 5.74) is 1.04. The fourth-order valence-electron chi connectivity index (χ4n) is 2.81. The average molecular weight is 272 g/mol. The number of nitriles is 1. The molecule has 0 aromatic heterocycles. The molecule has 0 spiro atoms. The molecule has 1 aromatic carbocycles. The van der Waals surface area contributed by atoms with Crippen LogP contribution in [0.2, 0.25) is 0 Å². The van der Waals surface area contributed by atoms with E-state index in [9.17, 15) is 0 Å². The van der Waals surface area contributed by atoms with E-state index in [0.717, 1.165) is 30.4 Å². The van der Waals surface area contributed by atoms with E-state index in [4.69, 9.17) is 10.00 Å². The Labute approximate surface area is 122 Å². The molecule has 0 bridgehead atoms. The zero-order valence-corrected chi connectivity index (χ0v) is 12.5. The molecule has 0 aliphatic carbocycles. The number of rotatable bonds is 5. The van der Waals surface area contributed by atoms with E-state index < -0.39 is 0 Å². The monoisotopic (exact) mass is 272 g/mol. The Morgan fingerprint density at radius 2 is 2.05 bits per heavy atom. The summed E-state index contributed by atoms with van der Waals surface area (Å²) < 4.78 is 5.80. The quantitative estimate of drug-likeness (QED) is 0.825. The predicted octanol–water partition coefficient (Wildman–Crippen LogP) is 3.25. The molecule has 1 fully saturated rings. The molecule has 3 nitrogen and oxygen atoms in total. The fourth-order valence-corrected chi connectivity index (χ4v) is 2.81. The molecule has 2 unspecified atom stereocenters. The summed E-state index contributed by atoms with van der Waals surface area (Å²) in [6.45, 7) is 7.57. The number of hydrogen-bond acceptors (Lipinski definition) is 3. The van der Waals surface area contributed by atoms with Crippen molar-refractivity contribution >= 4 is 0 Å². The molecule has 1 heterocycles. The highest BCUT2D eigenvalue weighted by molar-refractivity contribution is 5.28. The molecule has 20 heavy (non-hydrogen) atoms. The first kappa shape index (κ1) is 14.9. The summed E-state index contributed by atoms with van der Waals surface area (Å²) >= 11 is 0. The van der Waals surface area contributed by atoms with Gasteiger partial charge in [0.25, 0.3) is 0 Å². The minimum atomic E-state index is 0.462. The van der Waals surface area contributed by atoms with Crippen LogP contribution in [0.5, 0.6) is 5.75 Å². The Bertz CT molecular complexity index is 449. The van der Waals surface area contributed by atoms with Gasteiger partial charge < -0.3 is 4.74 Å². The molecule has 0 radical (unpaired) electrons. The number of hydrogen-bond donors (Lipinski definition) is 0. The van der Waals surface area contributed by atoms with E-state index in [-0.39, 0.29) is 0 Å². The molecule has 0 N–H and O–H groups in total. The Morgan fingerprint density at radius 1 is 1.30 bits per heavy atom. The summed E-state index contributed by atoms with van der Waals surface area (Å²) in [4.78, 5) is 2.53. The zero-order chi connectivity index (χ0) is 14.4. The average Bonchev–Trinajstić information content (AvgIpc) is 2.46. The summed E-state index contributed by atoms with van der Waals surface area (Å²) in [5, 5.41) is 8.63. The molecule has 0 amide bonds. The second-order valence-corrected chi connectivity index (χ2v) is 5.72. The van der Waals surface area contributed by atoms with Crippen molar-refractivity contribution in [2.75, 3.05) is 19.7 Å². The van der Waals surface area contributed by atoms with Gasteiger partial charge in [-0.3, -0.25) is 4.90 Å². The summed E-state index contributed by atoms with van der Waals surface area (Å²) in [7, 11) is 0. The SMILES string of the molecule is CC1CCCN(CCOc2ccc(CC#N)cc2)C1C. The van der Waals surface area contributed by atoms with Gasteiger partial charge in [0, 0.05) is 12.6 Å². The van der Waals surface area contributed by atoms with Crippen LogP contribution in [-0.2, 0) is 6.42 Å². The van der Waals surface area contributed by atoms with Gasteiger partial charge >= 0.3 is 0 Å². The smallest absolute Gasteiger partial charge is 0.119 e. The van der Waals surface area contributed by atoms with Gasteiger partial charge in [-0.25, -0.2) is 0 Å². The van der Waals surface area contributed by atoms with Crippen LogP contribution in [0.1, 0.15) is 32.3 Å². The molecule has 1 aromatic rings. The second kappa shape index (κ2) is 7.31. The lowest BCUT2D eigenvalue weighted by atomic mass is 9.92. The number of piperidine rings is 1. The van der Waals surface area contributed by atoms with Gasteiger partial charge in [-0.15, -0.1) is 0 Å². The third kappa shape index (κ3) is 3.98. The maximum Gasteiger partial charge on any atom is 0.119 e. The molecule has 3 heteroatoms. The number of nitrogens with zero attached hydrogens (tertiary/aromatic N) is 2. The molecular formula is C17H24N2O. The molecule has 2 rings (SSSR count). The zero-order valence-electron chi connectivity index (χ0n) is 12.5. The van der Waals surface area contributed by atoms with Gasteiger partial charge in [-0.2, -0.15) is 5.26 Å². The van der Waals surface area contributed by atoms with Gasteiger partial charge in [0.2, 0.25) is 0 Å². The Hall–Kier alpha value is -1.53. The lowest BCUT2D eigenvalue weighted by molar-refractivity contribution is 0.0958. The molecule has 1 aliphatic rings. The third-order valence-corrected chi connectivity index (χ3v) is 4.36. The largest absolute Gasteiger partial charge is 0.492 e. The lowest BCUT2D eigenvalue weighted by Gasteiger charge is -2.37. The van der Waals surface area contributed by atoms with Gasteiger partial charge in [0.1, 0.15) is 12.4 Å². The van der Waals surface area contributed by atoms with Gasteiger partial charge in [-0.1, -0.05) is 19.1 Å². The van der Waals surface area contributed by atoms with Crippen LogP contribution < -0.4 is 4.74 Å². The first-order valence-corrected chi connectivity index (χ1v) is 7.53. The summed E-state index contributed by atoms with van der Waals surface area (Å²) in [6.07, 6.45) is 3.11. The minimum Gasteiger partial charge on any atom is -0.492 e. The Morgan fingerprint density at radius 3 is 2.75 bits per heavy atom. The Balaban J connectivity index is 1.76. The maximum atomic E-state index is 8.63.